The van der Waals surface area contributed by atoms with E-state index in [1.54, 1.807) is 5.32 Å². The number of carbonyl (C=O) groups is 1. The van der Waals surface area contributed by atoms with Crippen molar-refractivity contribution < 1.29 is 22.4 Å². The van der Waals surface area contributed by atoms with E-state index in [2.05, 4.69) is 0 Å². The molecular formula is C10H9ClF4N2O. The monoisotopic (exact) mass is 284 g/mol. The number of amides is 1. The maximum Gasteiger partial charge on any atom is 0.383 e. The molecule has 3 N–H and O–H groups in total. The van der Waals surface area contributed by atoms with Crippen LogP contribution >= 0.6 is 11.6 Å². The van der Waals surface area contributed by atoms with E-state index in [-0.39, 0.29) is 16.4 Å². The first-order valence-corrected chi connectivity index (χ1v) is 5.07. The number of nitrogen functional groups attached to an aromatic ring is 1. The molecule has 8 heteroatoms. The third-order valence-corrected chi connectivity index (χ3v) is 2.50. The summed E-state index contributed by atoms with van der Waals surface area (Å²) in [6.45, 7) is 1.46. The number of aryl methyl sites for hydroxylation is 1. The van der Waals surface area contributed by atoms with Crippen LogP contribution in [0.3, 0.4) is 0 Å². The highest BCUT2D eigenvalue weighted by Gasteiger charge is 2.49. The largest absolute Gasteiger partial charge is 0.398 e. The van der Waals surface area contributed by atoms with E-state index in [9.17, 15) is 22.4 Å². The summed E-state index contributed by atoms with van der Waals surface area (Å²) in [7, 11) is 0. The van der Waals surface area contributed by atoms with Crippen LogP contribution in [-0.2, 0) is 4.79 Å². The maximum absolute atomic E-state index is 12.7. The van der Waals surface area contributed by atoms with Crippen molar-refractivity contribution in [3.05, 3.63) is 22.7 Å². The molecule has 1 amide bonds. The summed E-state index contributed by atoms with van der Waals surface area (Å²) in [5, 5.41) is 1.72. The van der Waals surface area contributed by atoms with Crippen molar-refractivity contribution in [2.24, 2.45) is 0 Å². The molecule has 18 heavy (non-hydrogen) atoms. The third-order valence-electron chi connectivity index (χ3n) is 2.17. The summed E-state index contributed by atoms with van der Waals surface area (Å²) in [6, 6.07) is 2.45. The van der Waals surface area contributed by atoms with E-state index in [4.69, 9.17) is 17.3 Å². The van der Waals surface area contributed by atoms with E-state index in [1.807, 2.05) is 0 Å². The average molecular weight is 285 g/mol. The summed E-state index contributed by atoms with van der Waals surface area (Å²) < 4.78 is 49.3. The smallest absolute Gasteiger partial charge is 0.383 e. The molecular weight excluding hydrogens is 276 g/mol. The Balaban J connectivity index is 2.99. The van der Waals surface area contributed by atoms with Gasteiger partial charge in [0.05, 0.1) is 10.7 Å². The zero-order chi connectivity index (χ0) is 14.1. The third kappa shape index (κ3) is 2.84. The number of anilines is 2. The van der Waals surface area contributed by atoms with Gasteiger partial charge in [0, 0.05) is 5.69 Å². The molecule has 0 atom stereocenters. The lowest BCUT2D eigenvalue weighted by Gasteiger charge is -2.16. The second-order valence-electron chi connectivity index (χ2n) is 3.57. The van der Waals surface area contributed by atoms with Crippen molar-refractivity contribution in [2.45, 2.75) is 19.3 Å². The molecule has 0 aliphatic heterocycles. The first kappa shape index (κ1) is 14.6. The molecule has 0 radical (unpaired) electrons. The van der Waals surface area contributed by atoms with Crippen LogP contribution in [0.4, 0.5) is 28.9 Å². The van der Waals surface area contributed by atoms with Gasteiger partial charge in [-0.2, -0.15) is 8.78 Å². The summed E-state index contributed by atoms with van der Waals surface area (Å²) >= 11 is 5.63. The van der Waals surface area contributed by atoms with Crippen LogP contribution in [0.2, 0.25) is 5.02 Å². The summed E-state index contributed by atoms with van der Waals surface area (Å²) in [4.78, 5) is 11.0. The van der Waals surface area contributed by atoms with Gasteiger partial charge < -0.3 is 11.1 Å². The highest BCUT2D eigenvalue weighted by atomic mass is 35.5. The van der Waals surface area contributed by atoms with Crippen molar-refractivity contribution in [3.8, 4) is 0 Å². The number of hydrogen-bond donors (Lipinski definition) is 2. The van der Waals surface area contributed by atoms with Gasteiger partial charge in [-0.3, -0.25) is 4.79 Å². The second-order valence-corrected chi connectivity index (χ2v) is 3.97. The number of carbonyl (C=O) groups excluding carboxylic acids is 1. The second kappa shape index (κ2) is 5.01. The first-order valence-electron chi connectivity index (χ1n) is 4.69. The Labute approximate surface area is 105 Å². The molecule has 0 unspecified atom stereocenters. The van der Waals surface area contributed by atoms with Crippen LogP contribution in [0.5, 0.6) is 0 Å². The number of alkyl halides is 4. The van der Waals surface area contributed by atoms with Crippen molar-refractivity contribution in [1.82, 2.24) is 0 Å². The van der Waals surface area contributed by atoms with E-state index in [1.165, 1.54) is 13.0 Å². The van der Waals surface area contributed by atoms with Gasteiger partial charge in [-0.05, 0) is 24.6 Å². The standard InChI is InChI=1S/C10H9ClF4N2O/c1-4-2-6(16)5(11)3-7(4)17-9(18)10(14,15)8(12)13/h2-3,8H,16H2,1H3,(H,17,18). The van der Waals surface area contributed by atoms with Crippen molar-refractivity contribution in [3.63, 3.8) is 0 Å². The van der Waals surface area contributed by atoms with Crippen LogP contribution in [-0.4, -0.2) is 18.3 Å². The molecule has 0 aromatic heterocycles. The molecule has 1 rings (SSSR count). The van der Waals surface area contributed by atoms with Crippen LogP contribution in [0.25, 0.3) is 0 Å². The number of nitrogens with one attached hydrogen (secondary N) is 1. The SMILES string of the molecule is Cc1cc(N)c(Cl)cc1NC(=O)C(F)(F)C(F)F. The molecule has 1 aromatic rings. The summed E-state index contributed by atoms with van der Waals surface area (Å²) in [5.41, 5.74) is 5.86. The Hall–Kier alpha value is -1.50. The van der Waals surface area contributed by atoms with Crippen LogP contribution < -0.4 is 11.1 Å². The van der Waals surface area contributed by atoms with Gasteiger partial charge in [0.25, 0.3) is 0 Å². The zero-order valence-corrected chi connectivity index (χ0v) is 9.86. The Morgan fingerprint density at radius 2 is 2.00 bits per heavy atom. The molecule has 100 valence electrons. The van der Waals surface area contributed by atoms with E-state index >= 15 is 0 Å². The van der Waals surface area contributed by atoms with Crippen molar-refractivity contribution >= 4 is 28.9 Å². The topological polar surface area (TPSA) is 55.1 Å². The first-order chi connectivity index (χ1) is 8.16. The Morgan fingerprint density at radius 1 is 1.44 bits per heavy atom. The van der Waals surface area contributed by atoms with Gasteiger partial charge in [0.2, 0.25) is 0 Å². The Bertz CT molecular complexity index is 479. The Morgan fingerprint density at radius 3 is 2.50 bits per heavy atom. The number of halogens is 5. The molecule has 0 spiro atoms. The fourth-order valence-electron chi connectivity index (χ4n) is 1.14. The Kier molecular flexibility index (Phi) is 4.05. The van der Waals surface area contributed by atoms with Gasteiger partial charge in [-0.1, -0.05) is 11.6 Å². The van der Waals surface area contributed by atoms with Crippen LogP contribution in [0.15, 0.2) is 12.1 Å². The van der Waals surface area contributed by atoms with Gasteiger partial charge >= 0.3 is 18.3 Å². The molecule has 0 aliphatic carbocycles. The molecule has 0 fully saturated rings. The minimum Gasteiger partial charge on any atom is -0.398 e. The molecule has 0 aliphatic rings. The lowest BCUT2D eigenvalue weighted by Crippen LogP contribution is -2.41. The molecule has 0 saturated carbocycles. The molecule has 0 saturated heterocycles. The van der Waals surface area contributed by atoms with E-state index in [0.717, 1.165) is 6.07 Å². The molecule has 1 aromatic carbocycles. The van der Waals surface area contributed by atoms with Crippen molar-refractivity contribution in [2.75, 3.05) is 11.1 Å². The fraction of sp³-hybridized carbons (Fsp3) is 0.300. The van der Waals surface area contributed by atoms with E-state index in [0.29, 0.717) is 5.56 Å². The predicted molar refractivity (Wildman–Crippen MR) is 60.2 cm³/mol. The lowest BCUT2D eigenvalue weighted by atomic mass is 10.1. The van der Waals surface area contributed by atoms with Gasteiger partial charge in [0.15, 0.2) is 0 Å². The average Bonchev–Trinajstić information content (AvgIpc) is 2.25. The minimum absolute atomic E-state index is 0.0243. The number of nitrogens with two attached hydrogens (primary N) is 1. The van der Waals surface area contributed by atoms with Gasteiger partial charge in [-0.25, -0.2) is 8.78 Å². The number of hydrogen-bond acceptors (Lipinski definition) is 2. The molecule has 0 heterocycles. The molecule has 3 nitrogen and oxygen atoms in total. The maximum atomic E-state index is 12.7. The van der Waals surface area contributed by atoms with E-state index < -0.39 is 18.3 Å². The lowest BCUT2D eigenvalue weighted by molar-refractivity contribution is -0.163. The highest BCUT2D eigenvalue weighted by Crippen LogP contribution is 2.29. The summed E-state index contributed by atoms with van der Waals surface area (Å²) in [6.07, 6.45) is -4.08. The summed E-state index contributed by atoms with van der Waals surface area (Å²) in [5.74, 6) is -6.86. The number of benzene rings is 1. The highest BCUT2D eigenvalue weighted by molar-refractivity contribution is 6.33. The zero-order valence-electron chi connectivity index (χ0n) is 9.11. The van der Waals surface area contributed by atoms with Gasteiger partial charge in [-0.15, -0.1) is 0 Å². The van der Waals surface area contributed by atoms with Gasteiger partial charge in [0.1, 0.15) is 0 Å². The number of rotatable bonds is 3. The molecule has 0 bridgehead atoms. The minimum atomic E-state index is -4.76. The van der Waals surface area contributed by atoms with Crippen molar-refractivity contribution in [1.29, 1.82) is 0 Å². The normalized spacial score (nSPS) is 11.7. The fourth-order valence-corrected chi connectivity index (χ4v) is 1.31. The van der Waals surface area contributed by atoms with Crippen LogP contribution in [0, 0.1) is 6.92 Å². The predicted octanol–water partition coefficient (Wildman–Crippen LogP) is 3.07. The van der Waals surface area contributed by atoms with Crippen LogP contribution in [0.1, 0.15) is 5.56 Å². The quantitative estimate of drug-likeness (QED) is 0.662.